The van der Waals surface area contributed by atoms with Crippen LogP contribution < -0.4 is 4.74 Å². The molecule has 1 heterocycles. The highest BCUT2D eigenvalue weighted by molar-refractivity contribution is 5.83. The van der Waals surface area contributed by atoms with Gasteiger partial charge in [-0.25, -0.2) is 0 Å². The summed E-state index contributed by atoms with van der Waals surface area (Å²) in [4.78, 5) is 4.24. The van der Waals surface area contributed by atoms with Crippen LogP contribution in [0, 0.1) is 0 Å². The van der Waals surface area contributed by atoms with Gasteiger partial charge in [0.05, 0.1) is 6.54 Å². The van der Waals surface area contributed by atoms with Gasteiger partial charge in [-0.05, 0) is 19.1 Å². The first-order valence-corrected chi connectivity index (χ1v) is 4.12. The summed E-state index contributed by atoms with van der Waals surface area (Å²) in [6, 6.07) is 7.95. The number of ether oxygens (including phenoxy) is 1. The van der Waals surface area contributed by atoms with E-state index in [4.69, 9.17) is 4.74 Å². The number of aliphatic imine (C=N–C) groups is 1. The number of rotatable bonds is 0. The van der Waals surface area contributed by atoms with Crippen LogP contribution in [-0.4, -0.2) is 18.9 Å². The fourth-order valence-electron chi connectivity index (χ4n) is 1.25. The molecule has 2 nitrogen and oxygen atoms in total. The first-order valence-electron chi connectivity index (χ1n) is 4.12. The van der Waals surface area contributed by atoms with Crippen molar-refractivity contribution in [3.63, 3.8) is 0 Å². The van der Waals surface area contributed by atoms with Gasteiger partial charge in [0.25, 0.3) is 0 Å². The number of nitrogens with zero attached hydrogens (tertiary/aromatic N) is 1. The fourth-order valence-corrected chi connectivity index (χ4v) is 1.25. The van der Waals surface area contributed by atoms with Crippen LogP contribution in [-0.2, 0) is 0 Å². The van der Waals surface area contributed by atoms with E-state index < -0.39 is 0 Å². The van der Waals surface area contributed by atoms with Crippen LogP contribution in [0.4, 0.5) is 0 Å². The molecule has 0 aliphatic carbocycles. The summed E-state index contributed by atoms with van der Waals surface area (Å²) in [5.41, 5.74) is 1.07. The highest BCUT2D eigenvalue weighted by atomic mass is 16.5. The van der Waals surface area contributed by atoms with E-state index in [1.165, 1.54) is 0 Å². The van der Waals surface area contributed by atoms with E-state index in [0.717, 1.165) is 17.9 Å². The predicted octanol–water partition coefficient (Wildman–Crippen LogP) is 1.89. The van der Waals surface area contributed by atoms with Crippen molar-refractivity contribution in [2.75, 3.05) is 6.54 Å². The number of benzene rings is 1. The highest BCUT2D eigenvalue weighted by Crippen LogP contribution is 2.19. The Hall–Kier alpha value is -1.31. The molecule has 0 amide bonds. The van der Waals surface area contributed by atoms with Crippen molar-refractivity contribution in [3.8, 4) is 5.75 Å². The van der Waals surface area contributed by atoms with Crippen molar-refractivity contribution in [1.29, 1.82) is 0 Å². The Labute approximate surface area is 71.9 Å². The van der Waals surface area contributed by atoms with E-state index >= 15 is 0 Å². The van der Waals surface area contributed by atoms with Gasteiger partial charge in [-0.3, -0.25) is 4.99 Å². The predicted molar refractivity (Wildman–Crippen MR) is 49.0 cm³/mol. The van der Waals surface area contributed by atoms with E-state index in [0.29, 0.717) is 0 Å². The van der Waals surface area contributed by atoms with E-state index in [1.807, 2.05) is 37.4 Å². The average molecular weight is 161 g/mol. The molecule has 0 radical (unpaired) electrons. The molecule has 12 heavy (non-hydrogen) atoms. The van der Waals surface area contributed by atoms with Crippen molar-refractivity contribution >= 4 is 6.21 Å². The van der Waals surface area contributed by atoms with Gasteiger partial charge in [-0.2, -0.15) is 0 Å². The van der Waals surface area contributed by atoms with Crippen LogP contribution in [0.15, 0.2) is 29.3 Å². The third kappa shape index (κ3) is 1.33. The molecule has 2 heteroatoms. The molecule has 0 bridgehead atoms. The average Bonchev–Trinajstić information content (AvgIpc) is 2.25. The number of hydrogen-bond donors (Lipinski definition) is 0. The molecule has 1 aliphatic heterocycles. The zero-order valence-electron chi connectivity index (χ0n) is 7.03. The van der Waals surface area contributed by atoms with Crippen LogP contribution in [0.3, 0.4) is 0 Å². The van der Waals surface area contributed by atoms with Crippen molar-refractivity contribution in [3.05, 3.63) is 29.8 Å². The topological polar surface area (TPSA) is 21.6 Å². The molecule has 0 saturated carbocycles. The minimum Gasteiger partial charge on any atom is -0.488 e. The SMILES string of the molecule is CC1CN=Cc2ccccc2O1. The first-order chi connectivity index (χ1) is 5.86. The van der Waals surface area contributed by atoms with Gasteiger partial charge < -0.3 is 4.74 Å². The maximum Gasteiger partial charge on any atom is 0.128 e. The Kier molecular flexibility index (Phi) is 1.82. The molecule has 0 aromatic heterocycles. The Morgan fingerprint density at radius 3 is 3.17 bits per heavy atom. The Morgan fingerprint density at radius 2 is 2.25 bits per heavy atom. The lowest BCUT2D eigenvalue weighted by Gasteiger charge is -2.10. The highest BCUT2D eigenvalue weighted by Gasteiger charge is 2.08. The molecule has 0 saturated heterocycles. The molecule has 0 fully saturated rings. The van der Waals surface area contributed by atoms with E-state index in [1.54, 1.807) is 0 Å². The lowest BCUT2D eigenvalue weighted by molar-refractivity contribution is 0.232. The summed E-state index contributed by atoms with van der Waals surface area (Å²) in [6.45, 7) is 2.77. The second-order valence-electron chi connectivity index (χ2n) is 2.96. The number of fused-ring (bicyclic) bond motifs is 1. The molecule has 1 atom stereocenters. The molecule has 1 aromatic rings. The van der Waals surface area contributed by atoms with Gasteiger partial charge in [-0.1, -0.05) is 12.1 Å². The molecule has 62 valence electrons. The van der Waals surface area contributed by atoms with Gasteiger partial charge in [0.15, 0.2) is 0 Å². The van der Waals surface area contributed by atoms with Crippen LogP contribution >= 0.6 is 0 Å². The smallest absolute Gasteiger partial charge is 0.128 e. The van der Waals surface area contributed by atoms with Gasteiger partial charge >= 0.3 is 0 Å². The molecule has 1 unspecified atom stereocenters. The third-order valence-electron chi connectivity index (χ3n) is 1.84. The third-order valence-corrected chi connectivity index (χ3v) is 1.84. The molecule has 1 aromatic carbocycles. The Morgan fingerprint density at radius 1 is 1.42 bits per heavy atom. The monoisotopic (exact) mass is 161 g/mol. The molecule has 2 rings (SSSR count). The van der Waals surface area contributed by atoms with Crippen molar-refractivity contribution < 1.29 is 4.74 Å². The molecule has 0 N–H and O–H groups in total. The van der Waals surface area contributed by atoms with Crippen molar-refractivity contribution in [2.45, 2.75) is 13.0 Å². The summed E-state index contributed by atoms with van der Waals surface area (Å²) >= 11 is 0. The fraction of sp³-hybridized carbons (Fsp3) is 0.300. The summed E-state index contributed by atoms with van der Waals surface area (Å²) in [6.07, 6.45) is 2.06. The minimum absolute atomic E-state index is 0.185. The van der Waals surface area contributed by atoms with Crippen LogP contribution in [0.25, 0.3) is 0 Å². The quantitative estimate of drug-likeness (QED) is 0.569. The van der Waals surface area contributed by atoms with E-state index in [9.17, 15) is 0 Å². The van der Waals surface area contributed by atoms with Crippen LogP contribution in [0.2, 0.25) is 0 Å². The summed E-state index contributed by atoms with van der Waals surface area (Å²) in [5, 5.41) is 0. The lowest BCUT2D eigenvalue weighted by Crippen LogP contribution is -2.14. The van der Waals surface area contributed by atoms with Gasteiger partial charge in [0, 0.05) is 11.8 Å². The molecule has 0 spiro atoms. The standard InChI is InChI=1S/C10H11NO/c1-8-6-11-7-9-4-2-3-5-10(9)12-8/h2-5,7-8H,6H2,1H3. The van der Waals surface area contributed by atoms with Gasteiger partial charge in [0.2, 0.25) is 0 Å². The maximum absolute atomic E-state index is 5.63. The second-order valence-corrected chi connectivity index (χ2v) is 2.96. The van der Waals surface area contributed by atoms with Crippen molar-refractivity contribution in [2.24, 2.45) is 4.99 Å². The van der Waals surface area contributed by atoms with E-state index in [2.05, 4.69) is 4.99 Å². The summed E-state index contributed by atoms with van der Waals surface area (Å²) < 4.78 is 5.63. The normalized spacial score (nSPS) is 20.9. The zero-order valence-corrected chi connectivity index (χ0v) is 7.03. The summed E-state index contributed by atoms with van der Waals surface area (Å²) in [7, 11) is 0. The number of hydrogen-bond acceptors (Lipinski definition) is 2. The van der Waals surface area contributed by atoms with Gasteiger partial charge in [-0.15, -0.1) is 0 Å². The largest absolute Gasteiger partial charge is 0.488 e. The van der Waals surface area contributed by atoms with Crippen LogP contribution in [0.5, 0.6) is 5.75 Å². The second kappa shape index (κ2) is 2.97. The Bertz CT molecular complexity index is 306. The maximum atomic E-state index is 5.63. The first kappa shape index (κ1) is 7.35. The minimum atomic E-state index is 0.185. The summed E-state index contributed by atoms with van der Waals surface area (Å²) in [5.74, 6) is 0.936. The lowest BCUT2D eigenvalue weighted by atomic mass is 10.2. The van der Waals surface area contributed by atoms with E-state index in [-0.39, 0.29) is 6.10 Å². The Balaban J connectivity index is 2.41. The van der Waals surface area contributed by atoms with Gasteiger partial charge in [0.1, 0.15) is 11.9 Å². The molecule has 1 aliphatic rings. The molecular weight excluding hydrogens is 150 g/mol. The van der Waals surface area contributed by atoms with Crippen molar-refractivity contribution in [1.82, 2.24) is 0 Å². The van der Waals surface area contributed by atoms with Crippen LogP contribution in [0.1, 0.15) is 12.5 Å². The molecular formula is C10H11NO. The zero-order chi connectivity index (χ0) is 8.39. The number of para-hydroxylation sites is 1.